The summed E-state index contributed by atoms with van der Waals surface area (Å²) in [6, 6.07) is 11.3. The number of benzene rings is 1. The molecule has 0 saturated carbocycles. The molecule has 2 aliphatic rings. The summed E-state index contributed by atoms with van der Waals surface area (Å²) < 4.78 is 22.3. The molecule has 2 fully saturated rings. The molecule has 5 heterocycles. The van der Waals surface area contributed by atoms with Crippen LogP contribution in [0.1, 0.15) is 19.1 Å². The SMILES string of the molecule is Nc1ncnc2c1ccn2C1OC(C(=O)Nc2ccc3ccc(N4CCC4)nc3c2)CC1F. The molecule has 1 aromatic carbocycles. The van der Waals surface area contributed by atoms with Crippen molar-refractivity contribution in [2.24, 2.45) is 0 Å². The Labute approximate surface area is 188 Å². The second-order valence-electron chi connectivity index (χ2n) is 8.39. The van der Waals surface area contributed by atoms with E-state index in [-0.39, 0.29) is 6.42 Å². The molecule has 4 aromatic rings. The van der Waals surface area contributed by atoms with Crippen molar-refractivity contribution in [1.82, 2.24) is 19.5 Å². The van der Waals surface area contributed by atoms with Crippen LogP contribution in [0.4, 0.5) is 21.7 Å². The number of fused-ring (bicyclic) bond motifs is 2. The van der Waals surface area contributed by atoms with Gasteiger partial charge in [-0.15, -0.1) is 0 Å². The molecule has 168 valence electrons. The van der Waals surface area contributed by atoms with E-state index in [1.807, 2.05) is 30.3 Å². The molecule has 3 aromatic heterocycles. The number of halogens is 1. The van der Waals surface area contributed by atoms with Crippen LogP contribution in [0.3, 0.4) is 0 Å². The average molecular weight is 447 g/mol. The predicted molar refractivity (Wildman–Crippen MR) is 123 cm³/mol. The molecule has 3 atom stereocenters. The monoisotopic (exact) mass is 447 g/mol. The molecule has 6 rings (SSSR count). The van der Waals surface area contributed by atoms with Crippen molar-refractivity contribution in [3.63, 3.8) is 0 Å². The number of ether oxygens (including phenoxy) is 1. The first-order valence-electron chi connectivity index (χ1n) is 10.9. The maximum atomic E-state index is 14.9. The Morgan fingerprint density at radius 1 is 1.18 bits per heavy atom. The summed E-state index contributed by atoms with van der Waals surface area (Å²) >= 11 is 0. The van der Waals surface area contributed by atoms with Gasteiger partial charge in [0.05, 0.1) is 10.9 Å². The predicted octanol–water partition coefficient (Wildman–Crippen LogP) is 3.04. The van der Waals surface area contributed by atoms with Crippen molar-refractivity contribution in [3.05, 3.63) is 48.9 Å². The van der Waals surface area contributed by atoms with Crippen LogP contribution in [-0.4, -0.2) is 50.8 Å². The highest BCUT2D eigenvalue weighted by Gasteiger charge is 2.41. The van der Waals surface area contributed by atoms with E-state index in [4.69, 9.17) is 15.5 Å². The number of alkyl halides is 1. The number of anilines is 3. The minimum atomic E-state index is -1.37. The summed E-state index contributed by atoms with van der Waals surface area (Å²) in [7, 11) is 0. The van der Waals surface area contributed by atoms with Gasteiger partial charge in [-0.3, -0.25) is 4.79 Å². The Morgan fingerprint density at radius 2 is 2.03 bits per heavy atom. The smallest absolute Gasteiger partial charge is 0.253 e. The molecule has 0 spiro atoms. The van der Waals surface area contributed by atoms with E-state index in [1.165, 1.54) is 12.7 Å². The number of carbonyl (C=O) groups is 1. The second-order valence-corrected chi connectivity index (χ2v) is 8.39. The zero-order chi connectivity index (χ0) is 22.5. The highest BCUT2D eigenvalue weighted by atomic mass is 19.1. The molecular formula is C23H22FN7O2. The van der Waals surface area contributed by atoms with Crippen molar-refractivity contribution in [2.75, 3.05) is 29.0 Å². The zero-order valence-electron chi connectivity index (χ0n) is 17.7. The van der Waals surface area contributed by atoms with Gasteiger partial charge in [-0.05, 0) is 36.8 Å². The summed E-state index contributed by atoms with van der Waals surface area (Å²) in [5.41, 5.74) is 7.72. The highest BCUT2D eigenvalue weighted by molar-refractivity contribution is 5.96. The number of hydrogen-bond donors (Lipinski definition) is 2. The van der Waals surface area contributed by atoms with Crippen molar-refractivity contribution in [2.45, 2.75) is 31.3 Å². The molecule has 1 amide bonds. The average Bonchev–Trinajstić information content (AvgIpc) is 3.36. The Morgan fingerprint density at radius 3 is 2.85 bits per heavy atom. The third kappa shape index (κ3) is 3.43. The van der Waals surface area contributed by atoms with Crippen LogP contribution in [-0.2, 0) is 9.53 Å². The van der Waals surface area contributed by atoms with Crippen LogP contribution in [0.5, 0.6) is 0 Å². The normalized spacial score (nSPS) is 22.6. The number of amides is 1. The highest BCUT2D eigenvalue weighted by Crippen LogP contribution is 2.35. The third-order valence-corrected chi connectivity index (χ3v) is 6.28. The third-order valence-electron chi connectivity index (χ3n) is 6.28. The number of pyridine rings is 1. The number of nitrogen functional groups attached to an aromatic ring is 1. The fourth-order valence-electron chi connectivity index (χ4n) is 4.36. The van der Waals surface area contributed by atoms with Gasteiger partial charge in [0.15, 0.2) is 6.23 Å². The van der Waals surface area contributed by atoms with Gasteiger partial charge in [0.1, 0.15) is 35.9 Å². The molecule has 0 bridgehead atoms. The van der Waals surface area contributed by atoms with Gasteiger partial charge >= 0.3 is 0 Å². The van der Waals surface area contributed by atoms with Crippen LogP contribution < -0.4 is 16.0 Å². The van der Waals surface area contributed by atoms with Crippen LogP contribution in [0.2, 0.25) is 0 Å². The largest absolute Gasteiger partial charge is 0.383 e. The summed E-state index contributed by atoms with van der Waals surface area (Å²) in [5, 5.41) is 4.44. The molecule has 9 nitrogen and oxygen atoms in total. The number of nitrogens with one attached hydrogen (secondary N) is 1. The van der Waals surface area contributed by atoms with Crippen molar-refractivity contribution in [3.8, 4) is 0 Å². The van der Waals surface area contributed by atoms with Crippen molar-refractivity contribution < 1.29 is 13.9 Å². The molecule has 33 heavy (non-hydrogen) atoms. The molecule has 2 saturated heterocycles. The van der Waals surface area contributed by atoms with Crippen LogP contribution in [0.15, 0.2) is 48.9 Å². The lowest BCUT2D eigenvalue weighted by Crippen LogP contribution is -2.37. The van der Waals surface area contributed by atoms with Crippen LogP contribution in [0, 0.1) is 0 Å². The molecule has 2 aliphatic heterocycles. The first-order valence-corrected chi connectivity index (χ1v) is 10.9. The number of hydrogen-bond acceptors (Lipinski definition) is 7. The number of carbonyl (C=O) groups excluding carboxylic acids is 1. The van der Waals surface area contributed by atoms with Gasteiger partial charge in [-0.1, -0.05) is 6.07 Å². The number of aromatic nitrogens is 4. The minimum absolute atomic E-state index is 0.0539. The Balaban J connectivity index is 1.20. The van der Waals surface area contributed by atoms with Crippen molar-refractivity contribution >= 4 is 45.2 Å². The Kier molecular flexibility index (Phi) is 4.61. The number of nitrogens with two attached hydrogens (primary N) is 1. The number of nitrogens with zero attached hydrogens (tertiary/aromatic N) is 5. The standard InChI is InChI=1S/C23H22FN7O2/c24-16-11-18(33-23(16)31-9-6-15-20(25)26-12-27-21(15)31)22(32)28-14-4-2-13-3-5-19(29-17(13)10-14)30-7-1-8-30/h2-6,9-10,12,16,18,23H,1,7-8,11H2,(H,28,32)(H2,25,26,27). The molecular weight excluding hydrogens is 425 g/mol. The van der Waals surface area contributed by atoms with Gasteiger partial charge in [0.2, 0.25) is 0 Å². The van der Waals surface area contributed by atoms with E-state index in [0.717, 1.165) is 29.8 Å². The van der Waals surface area contributed by atoms with E-state index in [0.29, 0.717) is 22.5 Å². The lowest BCUT2D eigenvalue weighted by Gasteiger charge is -2.32. The molecule has 3 unspecified atom stereocenters. The maximum absolute atomic E-state index is 14.9. The quantitative estimate of drug-likeness (QED) is 0.495. The second kappa shape index (κ2) is 7.66. The summed E-state index contributed by atoms with van der Waals surface area (Å²) in [4.78, 5) is 27.9. The van der Waals surface area contributed by atoms with Gasteiger partial charge in [0.25, 0.3) is 5.91 Å². The van der Waals surface area contributed by atoms with E-state index in [1.54, 1.807) is 16.8 Å². The first-order chi connectivity index (χ1) is 16.1. The van der Waals surface area contributed by atoms with Crippen LogP contribution >= 0.6 is 0 Å². The molecule has 0 aliphatic carbocycles. The summed E-state index contributed by atoms with van der Waals surface area (Å²) in [6.45, 7) is 2.02. The topological polar surface area (TPSA) is 111 Å². The first kappa shape index (κ1) is 19.9. The molecule has 10 heteroatoms. The summed E-state index contributed by atoms with van der Waals surface area (Å²) in [6.07, 6.45) is 0.821. The zero-order valence-corrected chi connectivity index (χ0v) is 17.7. The fourth-order valence-corrected chi connectivity index (χ4v) is 4.36. The summed E-state index contributed by atoms with van der Waals surface area (Å²) in [5.74, 6) is 0.843. The van der Waals surface area contributed by atoms with Crippen LogP contribution in [0.25, 0.3) is 21.9 Å². The molecule has 0 radical (unpaired) electrons. The minimum Gasteiger partial charge on any atom is -0.383 e. The lowest BCUT2D eigenvalue weighted by molar-refractivity contribution is -0.128. The fraction of sp³-hybridized carbons (Fsp3) is 0.304. The Hall–Kier alpha value is -3.79. The van der Waals surface area contributed by atoms with Crippen molar-refractivity contribution in [1.29, 1.82) is 0 Å². The maximum Gasteiger partial charge on any atom is 0.253 e. The van der Waals surface area contributed by atoms with Gasteiger partial charge < -0.3 is 25.3 Å². The molecule has 3 N–H and O–H groups in total. The van der Waals surface area contributed by atoms with E-state index >= 15 is 0 Å². The van der Waals surface area contributed by atoms with E-state index < -0.39 is 24.4 Å². The number of rotatable bonds is 4. The van der Waals surface area contributed by atoms with E-state index in [9.17, 15) is 9.18 Å². The Bertz CT molecular complexity index is 1370. The van der Waals surface area contributed by atoms with Gasteiger partial charge in [-0.25, -0.2) is 19.3 Å². The van der Waals surface area contributed by atoms with Gasteiger partial charge in [-0.2, -0.15) is 0 Å². The lowest BCUT2D eigenvalue weighted by atomic mass is 10.1. The van der Waals surface area contributed by atoms with Gasteiger partial charge in [0, 0.05) is 36.8 Å². The van der Waals surface area contributed by atoms with E-state index in [2.05, 4.69) is 20.2 Å².